The molecule has 1 aromatic rings. The topological polar surface area (TPSA) is 53.5 Å². The van der Waals surface area contributed by atoms with Gasteiger partial charge in [0.15, 0.2) is 0 Å². The molecule has 1 saturated heterocycles. The van der Waals surface area contributed by atoms with Crippen LogP contribution >= 0.6 is 0 Å². The van der Waals surface area contributed by atoms with E-state index in [4.69, 9.17) is 0 Å². The van der Waals surface area contributed by atoms with Gasteiger partial charge in [0.25, 0.3) is 0 Å². The largest absolute Gasteiger partial charge is 0.297 e. The van der Waals surface area contributed by atoms with E-state index in [9.17, 15) is 8.42 Å². The monoisotopic (exact) mass is 283 g/mol. The van der Waals surface area contributed by atoms with Gasteiger partial charge in [-0.1, -0.05) is 0 Å². The lowest BCUT2D eigenvalue weighted by Crippen LogP contribution is -2.47. The Morgan fingerprint density at radius 3 is 2.74 bits per heavy atom. The molecular formula is C13H21N3O2S. The molecule has 6 heteroatoms. The first-order chi connectivity index (χ1) is 8.97. The quantitative estimate of drug-likeness (QED) is 0.825. The molecule has 2 heterocycles. The van der Waals surface area contributed by atoms with Gasteiger partial charge in [0, 0.05) is 38.6 Å². The Morgan fingerprint density at radius 2 is 2.11 bits per heavy atom. The van der Waals surface area contributed by atoms with Crippen molar-refractivity contribution in [1.82, 2.24) is 14.2 Å². The highest BCUT2D eigenvalue weighted by molar-refractivity contribution is 7.88. The molecule has 0 amide bonds. The van der Waals surface area contributed by atoms with Crippen molar-refractivity contribution in [2.75, 3.05) is 26.4 Å². The van der Waals surface area contributed by atoms with Gasteiger partial charge in [-0.25, -0.2) is 12.7 Å². The van der Waals surface area contributed by atoms with Crippen LogP contribution in [0, 0.1) is 0 Å². The zero-order valence-electron chi connectivity index (χ0n) is 11.5. The van der Waals surface area contributed by atoms with Crippen LogP contribution in [0.4, 0.5) is 0 Å². The summed E-state index contributed by atoms with van der Waals surface area (Å²) in [6, 6.07) is 4.10. The molecule has 106 valence electrons. The highest BCUT2D eigenvalue weighted by Crippen LogP contribution is 2.18. The van der Waals surface area contributed by atoms with E-state index in [-0.39, 0.29) is 6.04 Å². The molecule has 0 saturated carbocycles. The second kappa shape index (κ2) is 5.98. The normalized spacial score (nSPS) is 21.7. The zero-order chi connectivity index (χ0) is 13.9. The predicted octanol–water partition coefficient (Wildman–Crippen LogP) is 0.937. The van der Waals surface area contributed by atoms with Crippen molar-refractivity contribution in [3.63, 3.8) is 0 Å². The van der Waals surface area contributed by atoms with E-state index in [1.54, 1.807) is 19.4 Å². The van der Waals surface area contributed by atoms with Crippen LogP contribution in [0.15, 0.2) is 24.5 Å². The molecule has 1 fully saturated rings. The first-order valence-corrected chi connectivity index (χ1v) is 8.36. The molecule has 1 aliphatic rings. The number of nitrogens with zero attached hydrogens (tertiary/aromatic N) is 3. The van der Waals surface area contributed by atoms with Crippen LogP contribution in [-0.2, 0) is 16.6 Å². The number of hydrogen-bond donors (Lipinski definition) is 0. The molecule has 0 spiro atoms. The number of likely N-dealkylation sites (tertiary alicyclic amines) is 1. The Kier molecular flexibility index (Phi) is 4.54. The Hall–Kier alpha value is -0.980. The molecule has 0 aromatic carbocycles. The molecule has 1 atom stereocenters. The Balaban J connectivity index is 1.98. The summed E-state index contributed by atoms with van der Waals surface area (Å²) in [5, 5.41) is 0. The van der Waals surface area contributed by atoms with Crippen LogP contribution in [0.1, 0.15) is 18.4 Å². The zero-order valence-corrected chi connectivity index (χ0v) is 12.3. The van der Waals surface area contributed by atoms with Crippen LogP contribution in [-0.4, -0.2) is 55.0 Å². The highest BCUT2D eigenvalue weighted by atomic mass is 32.2. The smallest absolute Gasteiger partial charge is 0.211 e. The Morgan fingerprint density at radius 1 is 1.42 bits per heavy atom. The minimum Gasteiger partial charge on any atom is -0.297 e. The van der Waals surface area contributed by atoms with Gasteiger partial charge in [-0.15, -0.1) is 0 Å². The minimum absolute atomic E-state index is 0.0885. The van der Waals surface area contributed by atoms with Crippen LogP contribution in [0.25, 0.3) is 0 Å². The van der Waals surface area contributed by atoms with Gasteiger partial charge in [-0.2, -0.15) is 0 Å². The van der Waals surface area contributed by atoms with E-state index in [1.807, 2.05) is 12.1 Å². The summed E-state index contributed by atoms with van der Waals surface area (Å²) in [6.45, 7) is 2.68. The van der Waals surface area contributed by atoms with Gasteiger partial charge in [0.1, 0.15) is 0 Å². The fraction of sp³-hybridized carbons (Fsp3) is 0.615. The van der Waals surface area contributed by atoms with Crippen molar-refractivity contribution >= 4 is 10.0 Å². The fourth-order valence-electron chi connectivity index (χ4n) is 2.49. The Labute approximate surface area is 115 Å². The summed E-state index contributed by atoms with van der Waals surface area (Å²) < 4.78 is 24.7. The highest BCUT2D eigenvalue weighted by Gasteiger charge is 2.27. The molecule has 1 aromatic heterocycles. The van der Waals surface area contributed by atoms with E-state index < -0.39 is 10.0 Å². The summed E-state index contributed by atoms with van der Waals surface area (Å²) >= 11 is 0. The van der Waals surface area contributed by atoms with Crippen molar-refractivity contribution in [1.29, 1.82) is 0 Å². The van der Waals surface area contributed by atoms with Gasteiger partial charge in [-0.05, 0) is 37.1 Å². The maximum absolute atomic E-state index is 11.6. The third-order valence-corrected chi connectivity index (χ3v) is 5.02. The summed E-state index contributed by atoms with van der Waals surface area (Å²) in [6.07, 6.45) is 6.83. The number of likely N-dealkylation sites (N-methyl/N-ethyl adjacent to an activating group) is 1. The van der Waals surface area contributed by atoms with E-state index in [1.165, 1.54) is 16.1 Å². The summed E-state index contributed by atoms with van der Waals surface area (Å²) in [4.78, 5) is 6.32. The van der Waals surface area contributed by atoms with Crippen molar-refractivity contribution in [3.05, 3.63) is 30.1 Å². The number of piperidine rings is 1. The van der Waals surface area contributed by atoms with Crippen molar-refractivity contribution in [2.45, 2.75) is 25.4 Å². The first-order valence-electron chi connectivity index (χ1n) is 6.51. The molecule has 1 aliphatic heterocycles. The number of hydrogen-bond acceptors (Lipinski definition) is 4. The molecule has 5 nitrogen and oxygen atoms in total. The molecule has 0 bridgehead atoms. The van der Waals surface area contributed by atoms with Gasteiger partial charge >= 0.3 is 0 Å². The molecular weight excluding hydrogens is 262 g/mol. The van der Waals surface area contributed by atoms with Gasteiger partial charge in [0.2, 0.25) is 10.0 Å². The lowest BCUT2D eigenvalue weighted by atomic mass is 10.1. The number of rotatable bonds is 4. The predicted molar refractivity (Wildman–Crippen MR) is 75.1 cm³/mol. The SMILES string of the molecule is CN(C1CCCN(Cc2ccncc2)C1)S(C)(=O)=O. The summed E-state index contributed by atoms with van der Waals surface area (Å²) in [5.74, 6) is 0. The van der Waals surface area contributed by atoms with E-state index in [0.717, 1.165) is 32.5 Å². The van der Waals surface area contributed by atoms with Gasteiger partial charge in [0.05, 0.1) is 6.26 Å². The minimum atomic E-state index is -3.10. The molecule has 2 rings (SSSR count). The number of aromatic nitrogens is 1. The lowest BCUT2D eigenvalue weighted by Gasteiger charge is -2.36. The average molecular weight is 283 g/mol. The van der Waals surface area contributed by atoms with Crippen molar-refractivity contribution in [2.24, 2.45) is 0 Å². The van der Waals surface area contributed by atoms with E-state index in [0.29, 0.717) is 0 Å². The van der Waals surface area contributed by atoms with Gasteiger partial charge in [-0.3, -0.25) is 9.88 Å². The molecule has 0 N–H and O–H groups in total. The van der Waals surface area contributed by atoms with Crippen LogP contribution in [0.2, 0.25) is 0 Å². The molecule has 1 unspecified atom stereocenters. The van der Waals surface area contributed by atoms with Crippen molar-refractivity contribution < 1.29 is 8.42 Å². The standard InChI is InChI=1S/C13H21N3O2S/c1-15(19(2,17)18)13-4-3-9-16(11-13)10-12-5-7-14-8-6-12/h5-8,13H,3-4,9-11H2,1-2H3. The van der Waals surface area contributed by atoms with Gasteiger partial charge < -0.3 is 0 Å². The molecule has 0 aliphatic carbocycles. The fourth-order valence-corrected chi connectivity index (χ4v) is 3.20. The second-order valence-corrected chi connectivity index (χ2v) is 7.21. The van der Waals surface area contributed by atoms with E-state index >= 15 is 0 Å². The maximum Gasteiger partial charge on any atom is 0.211 e. The third kappa shape index (κ3) is 3.99. The van der Waals surface area contributed by atoms with Crippen molar-refractivity contribution in [3.8, 4) is 0 Å². The Bertz CT molecular complexity index is 504. The lowest BCUT2D eigenvalue weighted by molar-refractivity contribution is 0.153. The molecule has 0 radical (unpaired) electrons. The third-order valence-electron chi connectivity index (χ3n) is 3.67. The first kappa shape index (κ1) is 14.4. The van der Waals surface area contributed by atoms with Crippen LogP contribution in [0.5, 0.6) is 0 Å². The molecule has 19 heavy (non-hydrogen) atoms. The summed E-state index contributed by atoms with van der Waals surface area (Å²) in [7, 11) is -1.43. The number of sulfonamides is 1. The summed E-state index contributed by atoms with van der Waals surface area (Å²) in [5.41, 5.74) is 1.22. The average Bonchev–Trinajstić information content (AvgIpc) is 2.38. The van der Waals surface area contributed by atoms with E-state index in [2.05, 4.69) is 9.88 Å². The maximum atomic E-state index is 11.6. The second-order valence-electron chi connectivity index (χ2n) is 5.17. The van der Waals surface area contributed by atoms with Crippen LogP contribution < -0.4 is 0 Å². The van der Waals surface area contributed by atoms with Crippen LogP contribution in [0.3, 0.4) is 0 Å². The number of pyridine rings is 1.